The molecular formula is C21H23N5O2. The van der Waals surface area contributed by atoms with Gasteiger partial charge in [0.2, 0.25) is 0 Å². The number of carboxylic acid groups (broad SMARTS) is 1. The first-order valence-corrected chi connectivity index (χ1v) is 9.42. The molecule has 1 saturated heterocycles. The average Bonchev–Trinajstić information content (AvgIpc) is 3.09. The first kappa shape index (κ1) is 18.0. The van der Waals surface area contributed by atoms with Crippen molar-refractivity contribution in [1.82, 2.24) is 14.8 Å². The number of anilines is 3. The molecule has 0 atom stereocenters. The number of pyridine rings is 1. The minimum absolute atomic E-state index is 0.193. The maximum absolute atomic E-state index is 11.4. The van der Waals surface area contributed by atoms with Crippen molar-refractivity contribution in [2.45, 2.75) is 25.8 Å². The minimum Gasteiger partial charge on any atom is -0.478 e. The Hall–Kier alpha value is -3.35. The molecule has 7 heteroatoms. The van der Waals surface area contributed by atoms with Crippen LogP contribution in [0.25, 0.3) is 0 Å². The molecule has 2 N–H and O–H groups in total. The molecule has 3 heterocycles. The standard InChI is InChI=1S/C21H23N5O2/c1-15-19(24-20-13-22-10-7-18(20)21(27)28)14-23-26(15)17-8-11-25(12-9-17)16-5-3-2-4-6-16/h2-7,10,13-14,17,24H,8-9,11-12H2,1H3,(H,27,28). The smallest absolute Gasteiger partial charge is 0.337 e. The Morgan fingerprint density at radius 3 is 2.57 bits per heavy atom. The largest absolute Gasteiger partial charge is 0.478 e. The van der Waals surface area contributed by atoms with E-state index in [1.807, 2.05) is 13.0 Å². The van der Waals surface area contributed by atoms with Gasteiger partial charge in [-0.1, -0.05) is 18.2 Å². The lowest BCUT2D eigenvalue weighted by atomic mass is 10.0. The van der Waals surface area contributed by atoms with Gasteiger partial charge in [0.05, 0.1) is 41.1 Å². The predicted octanol–water partition coefficient (Wildman–Crippen LogP) is 3.87. The molecule has 28 heavy (non-hydrogen) atoms. The highest BCUT2D eigenvalue weighted by atomic mass is 16.4. The van der Waals surface area contributed by atoms with Gasteiger partial charge in [0.15, 0.2) is 0 Å². The van der Waals surface area contributed by atoms with Crippen LogP contribution in [0.2, 0.25) is 0 Å². The van der Waals surface area contributed by atoms with Crippen molar-refractivity contribution in [3.8, 4) is 0 Å². The van der Waals surface area contributed by atoms with Crippen LogP contribution in [0.3, 0.4) is 0 Å². The fraction of sp³-hybridized carbons (Fsp3) is 0.286. The summed E-state index contributed by atoms with van der Waals surface area (Å²) in [7, 11) is 0. The van der Waals surface area contributed by atoms with E-state index in [9.17, 15) is 9.90 Å². The lowest BCUT2D eigenvalue weighted by Gasteiger charge is -2.34. The van der Waals surface area contributed by atoms with Gasteiger partial charge in [-0.15, -0.1) is 0 Å². The molecule has 4 rings (SSSR count). The van der Waals surface area contributed by atoms with Gasteiger partial charge in [-0.05, 0) is 38.0 Å². The van der Waals surface area contributed by atoms with Gasteiger partial charge in [0.1, 0.15) is 0 Å². The molecule has 0 radical (unpaired) electrons. The summed E-state index contributed by atoms with van der Waals surface area (Å²) in [6, 6.07) is 12.3. The summed E-state index contributed by atoms with van der Waals surface area (Å²) in [5.74, 6) is -0.983. The third-order valence-corrected chi connectivity index (χ3v) is 5.30. The van der Waals surface area contributed by atoms with E-state index < -0.39 is 5.97 Å². The first-order valence-electron chi connectivity index (χ1n) is 9.42. The van der Waals surface area contributed by atoms with Crippen molar-refractivity contribution in [2.75, 3.05) is 23.3 Å². The number of benzene rings is 1. The molecule has 0 bridgehead atoms. The summed E-state index contributed by atoms with van der Waals surface area (Å²) in [5, 5.41) is 17.1. The summed E-state index contributed by atoms with van der Waals surface area (Å²) in [5.41, 5.74) is 3.73. The third kappa shape index (κ3) is 3.55. The van der Waals surface area contributed by atoms with Crippen LogP contribution in [0, 0.1) is 6.92 Å². The second-order valence-electron chi connectivity index (χ2n) is 6.99. The van der Waals surface area contributed by atoms with Crippen molar-refractivity contribution >= 4 is 23.0 Å². The van der Waals surface area contributed by atoms with E-state index in [1.54, 1.807) is 6.20 Å². The molecule has 144 valence electrons. The van der Waals surface area contributed by atoms with E-state index in [1.165, 1.54) is 24.1 Å². The Balaban J connectivity index is 1.47. The lowest BCUT2D eigenvalue weighted by molar-refractivity contribution is 0.0698. The molecule has 1 aliphatic rings. The van der Waals surface area contributed by atoms with Crippen LogP contribution in [-0.4, -0.2) is 38.9 Å². The number of nitrogens with one attached hydrogen (secondary N) is 1. The Bertz CT molecular complexity index is 962. The van der Waals surface area contributed by atoms with Crippen LogP contribution in [0.5, 0.6) is 0 Å². The van der Waals surface area contributed by atoms with E-state index in [4.69, 9.17) is 0 Å². The molecule has 3 aromatic rings. The third-order valence-electron chi connectivity index (χ3n) is 5.30. The molecular weight excluding hydrogens is 354 g/mol. The molecule has 1 fully saturated rings. The molecule has 0 aliphatic carbocycles. The lowest BCUT2D eigenvalue weighted by Crippen LogP contribution is -2.35. The van der Waals surface area contributed by atoms with Crippen molar-refractivity contribution < 1.29 is 9.90 Å². The number of hydrogen-bond acceptors (Lipinski definition) is 5. The number of rotatable bonds is 5. The Morgan fingerprint density at radius 1 is 1.11 bits per heavy atom. The SMILES string of the molecule is Cc1c(Nc2cnccc2C(=O)O)cnn1C1CCN(c2ccccc2)CC1. The molecule has 0 unspecified atom stereocenters. The number of aromatic carboxylic acids is 1. The topological polar surface area (TPSA) is 83.3 Å². The summed E-state index contributed by atoms with van der Waals surface area (Å²) in [6.07, 6.45) is 6.80. The number of hydrogen-bond donors (Lipinski definition) is 2. The zero-order chi connectivity index (χ0) is 19.5. The maximum atomic E-state index is 11.4. The molecule has 0 spiro atoms. The van der Waals surface area contributed by atoms with Crippen molar-refractivity contribution in [3.63, 3.8) is 0 Å². The summed E-state index contributed by atoms with van der Waals surface area (Å²) in [4.78, 5) is 17.8. The molecule has 0 amide bonds. The Morgan fingerprint density at radius 2 is 1.86 bits per heavy atom. The second kappa shape index (κ2) is 7.72. The van der Waals surface area contributed by atoms with Crippen LogP contribution in [-0.2, 0) is 0 Å². The van der Waals surface area contributed by atoms with Gasteiger partial charge in [-0.3, -0.25) is 9.67 Å². The minimum atomic E-state index is -0.983. The Kier molecular flexibility index (Phi) is 4.97. The van der Waals surface area contributed by atoms with Crippen LogP contribution in [0.1, 0.15) is 34.9 Å². The van der Waals surface area contributed by atoms with E-state index in [0.29, 0.717) is 11.7 Å². The summed E-state index contributed by atoms with van der Waals surface area (Å²) >= 11 is 0. The van der Waals surface area contributed by atoms with Gasteiger partial charge in [0, 0.05) is 25.0 Å². The van der Waals surface area contributed by atoms with Gasteiger partial charge in [-0.25, -0.2) is 4.79 Å². The zero-order valence-electron chi connectivity index (χ0n) is 15.7. The average molecular weight is 377 g/mol. The zero-order valence-corrected chi connectivity index (χ0v) is 15.7. The number of para-hydroxylation sites is 1. The first-order chi connectivity index (χ1) is 13.6. The summed E-state index contributed by atoms with van der Waals surface area (Å²) < 4.78 is 2.06. The van der Waals surface area contributed by atoms with Crippen LogP contribution >= 0.6 is 0 Å². The van der Waals surface area contributed by atoms with Crippen molar-refractivity contribution in [2.24, 2.45) is 0 Å². The molecule has 7 nitrogen and oxygen atoms in total. The van der Waals surface area contributed by atoms with E-state index in [2.05, 4.69) is 49.2 Å². The monoisotopic (exact) mass is 377 g/mol. The van der Waals surface area contributed by atoms with Gasteiger partial charge in [-0.2, -0.15) is 5.10 Å². The second-order valence-corrected chi connectivity index (χ2v) is 6.99. The van der Waals surface area contributed by atoms with Crippen molar-refractivity contribution in [1.29, 1.82) is 0 Å². The molecule has 2 aromatic heterocycles. The molecule has 1 aromatic carbocycles. The Labute approximate surface area is 163 Å². The van der Waals surface area contributed by atoms with Gasteiger partial charge in [0.25, 0.3) is 0 Å². The fourth-order valence-corrected chi connectivity index (χ4v) is 3.75. The number of carbonyl (C=O) groups is 1. The van der Waals surface area contributed by atoms with Crippen LogP contribution < -0.4 is 10.2 Å². The predicted molar refractivity (Wildman–Crippen MR) is 108 cm³/mol. The highest BCUT2D eigenvalue weighted by molar-refractivity contribution is 5.94. The number of piperidine rings is 1. The fourth-order valence-electron chi connectivity index (χ4n) is 3.75. The highest BCUT2D eigenvalue weighted by Gasteiger charge is 2.23. The van der Waals surface area contributed by atoms with E-state index in [-0.39, 0.29) is 5.56 Å². The van der Waals surface area contributed by atoms with Crippen LogP contribution in [0.4, 0.5) is 17.1 Å². The number of carboxylic acids is 1. The summed E-state index contributed by atoms with van der Waals surface area (Å²) in [6.45, 7) is 3.99. The molecule has 1 aliphatic heterocycles. The maximum Gasteiger partial charge on any atom is 0.337 e. The van der Waals surface area contributed by atoms with E-state index in [0.717, 1.165) is 37.3 Å². The van der Waals surface area contributed by atoms with Crippen molar-refractivity contribution in [3.05, 3.63) is 66.2 Å². The van der Waals surface area contributed by atoms with Gasteiger partial charge < -0.3 is 15.3 Å². The van der Waals surface area contributed by atoms with E-state index >= 15 is 0 Å². The highest BCUT2D eigenvalue weighted by Crippen LogP contribution is 2.30. The normalized spacial score (nSPS) is 14.8. The quantitative estimate of drug-likeness (QED) is 0.702. The van der Waals surface area contributed by atoms with Gasteiger partial charge >= 0.3 is 5.97 Å². The molecule has 0 saturated carbocycles. The number of nitrogens with zero attached hydrogens (tertiary/aromatic N) is 4. The number of aromatic nitrogens is 3. The van der Waals surface area contributed by atoms with Crippen LogP contribution in [0.15, 0.2) is 55.0 Å².